The minimum Gasteiger partial charge on any atom is -0.465 e. The Bertz CT molecular complexity index is 1240. The Morgan fingerprint density at radius 1 is 1.12 bits per heavy atom. The second-order valence-corrected chi connectivity index (χ2v) is 9.36. The van der Waals surface area contributed by atoms with E-state index in [0.29, 0.717) is 22.8 Å². The first-order valence-corrected chi connectivity index (χ1v) is 11.3. The lowest BCUT2D eigenvalue weighted by Gasteiger charge is -2.22. The van der Waals surface area contributed by atoms with Crippen molar-refractivity contribution < 1.29 is 19.1 Å². The topological polar surface area (TPSA) is 88.1 Å². The molecule has 0 saturated heterocycles. The van der Waals surface area contributed by atoms with Gasteiger partial charge in [-0.1, -0.05) is 24.3 Å². The van der Waals surface area contributed by atoms with Crippen molar-refractivity contribution in [3.8, 4) is 0 Å². The minimum atomic E-state index is -0.558. The van der Waals surface area contributed by atoms with E-state index >= 15 is 0 Å². The number of para-hydroxylation sites is 3. The van der Waals surface area contributed by atoms with Gasteiger partial charge in [-0.05, 0) is 52.3 Å². The van der Waals surface area contributed by atoms with Crippen molar-refractivity contribution in [3.05, 3.63) is 74.9 Å². The van der Waals surface area contributed by atoms with E-state index in [-0.39, 0.29) is 24.4 Å². The standard InChI is InChI=1S/C23H18BrN3O4S/c1-31-23(30)14-6-2-3-7-15(14)26-21(28)13-27-18-9-5-4-8-16(18)25-17(12-22(27)29)19-10-11-20(24)32-19/h2-11H,12-13H2,1H3,(H,26,28). The van der Waals surface area contributed by atoms with Gasteiger partial charge in [0.05, 0.1) is 50.5 Å². The number of esters is 1. The summed E-state index contributed by atoms with van der Waals surface area (Å²) >= 11 is 4.94. The van der Waals surface area contributed by atoms with Crippen LogP contribution in [0.15, 0.2) is 69.4 Å². The molecule has 9 heteroatoms. The maximum Gasteiger partial charge on any atom is 0.339 e. The van der Waals surface area contributed by atoms with Crippen LogP contribution in [0.2, 0.25) is 0 Å². The fraction of sp³-hybridized carbons (Fsp3) is 0.130. The molecule has 1 aliphatic rings. The Morgan fingerprint density at radius 2 is 1.88 bits per heavy atom. The summed E-state index contributed by atoms with van der Waals surface area (Å²) in [4.78, 5) is 45.0. The number of methoxy groups -OCH3 is 1. The van der Waals surface area contributed by atoms with Gasteiger partial charge in [0, 0.05) is 0 Å². The summed E-state index contributed by atoms with van der Waals surface area (Å²) in [7, 11) is 1.28. The molecule has 2 amide bonds. The molecule has 1 aliphatic heterocycles. The number of nitrogens with zero attached hydrogens (tertiary/aromatic N) is 2. The van der Waals surface area contributed by atoms with Crippen LogP contribution < -0.4 is 10.2 Å². The number of nitrogens with one attached hydrogen (secondary N) is 1. The monoisotopic (exact) mass is 511 g/mol. The average Bonchev–Trinajstić information content (AvgIpc) is 3.17. The third-order valence-electron chi connectivity index (χ3n) is 4.81. The summed E-state index contributed by atoms with van der Waals surface area (Å²) in [6.07, 6.45) is 0.0632. The van der Waals surface area contributed by atoms with Crippen LogP contribution in [0.4, 0.5) is 17.1 Å². The molecule has 0 spiro atoms. The highest BCUT2D eigenvalue weighted by Crippen LogP contribution is 2.34. The maximum absolute atomic E-state index is 13.2. The number of thiophene rings is 1. The van der Waals surface area contributed by atoms with Gasteiger partial charge in [0.15, 0.2) is 0 Å². The van der Waals surface area contributed by atoms with Crippen molar-refractivity contribution in [2.45, 2.75) is 6.42 Å². The number of amides is 2. The molecule has 0 bridgehead atoms. The number of rotatable bonds is 5. The molecule has 0 fully saturated rings. The van der Waals surface area contributed by atoms with Crippen molar-refractivity contribution in [2.75, 3.05) is 23.9 Å². The number of anilines is 2. The van der Waals surface area contributed by atoms with E-state index < -0.39 is 11.9 Å². The Kier molecular flexibility index (Phi) is 6.48. The van der Waals surface area contributed by atoms with Gasteiger partial charge in [0.25, 0.3) is 0 Å². The molecule has 0 saturated carbocycles. The molecule has 2 heterocycles. The molecule has 7 nitrogen and oxygen atoms in total. The third kappa shape index (κ3) is 4.63. The molecule has 1 N–H and O–H groups in total. The summed E-state index contributed by atoms with van der Waals surface area (Å²) < 4.78 is 5.72. The van der Waals surface area contributed by atoms with Crippen LogP contribution in [-0.2, 0) is 14.3 Å². The van der Waals surface area contributed by atoms with Crippen LogP contribution in [0.1, 0.15) is 21.7 Å². The Balaban J connectivity index is 1.60. The van der Waals surface area contributed by atoms with E-state index in [9.17, 15) is 14.4 Å². The zero-order valence-electron chi connectivity index (χ0n) is 17.0. The van der Waals surface area contributed by atoms with Gasteiger partial charge in [-0.2, -0.15) is 0 Å². The molecule has 32 heavy (non-hydrogen) atoms. The highest BCUT2D eigenvalue weighted by molar-refractivity contribution is 9.11. The Labute approximate surface area is 196 Å². The Morgan fingerprint density at radius 3 is 2.62 bits per heavy atom. The lowest BCUT2D eigenvalue weighted by molar-refractivity contribution is -0.120. The maximum atomic E-state index is 13.2. The second-order valence-electron chi connectivity index (χ2n) is 6.89. The number of benzene rings is 2. The summed E-state index contributed by atoms with van der Waals surface area (Å²) in [6, 6.07) is 17.6. The first-order valence-electron chi connectivity index (χ1n) is 9.66. The highest BCUT2D eigenvalue weighted by atomic mass is 79.9. The molecule has 0 radical (unpaired) electrons. The zero-order chi connectivity index (χ0) is 22.7. The number of hydrogen-bond acceptors (Lipinski definition) is 6. The molecular weight excluding hydrogens is 494 g/mol. The SMILES string of the molecule is COC(=O)c1ccccc1NC(=O)CN1C(=O)CC(c2ccc(Br)s2)=Nc2ccccc21. The molecule has 4 rings (SSSR count). The summed E-state index contributed by atoms with van der Waals surface area (Å²) in [5, 5.41) is 2.72. The lowest BCUT2D eigenvalue weighted by Crippen LogP contribution is -2.38. The van der Waals surface area contributed by atoms with Crippen LogP contribution in [0, 0.1) is 0 Å². The zero-order valence-corrected chi connectivity index (χ0v) is 19.4. The fourth-order valence-electron chi connectivity index (χ4n) is 3.34. The quantitative estimate of drug-likeness (QED) is 0.498. The smallest absolute Gasteiger partial charge is 0.339 e. The molecule has 2 aromatic carbocycles. The van der Waals surface area contributed by atoms with Crippen molar-refractivity contribution >= 4 is 67.8 Å². The number of carbonyl (C=O) groups excluding carboxylic acids is 3. The van der Waals surface area contributed by atoms with Gasteiger partial charge in [-0.15, -0.1) is 11.3 Å². The van der Waals surface area contributed by atoms with Gasteiger partial charge in [0.2, 0.25) is 11.8 Å². The summed E-state index contributed by atoms with van der Waals surface area (Å²) in [5.41, 5.74) is 2.37. The van der Waals surface area contributed by atoms with Crippen molar-refractivity contribution in [3.63, 3.8) is 0 Å². The minimum absolute atomic E-state index is 0.0632. The predicted molar refractivity (Wildman–Crippen MR) is 128 cm³/mol. The predicted octanol–water partition coefficient (Wildman–Crippen LogP) is 4.79. The number of halogens is 1. The van der Waals surface area contributed by atoms with E-state index in [1.54, 1.807) is 36.4 Å². The van der Waals surface area contributed by atoms with Crippen molar-refractivity contribution in [1.82, 2.24) is 0 Å². The van der Waals surface area contributed by atoms with Gasteiger partial charge in [0.1, 0.15) is 6.54 Å². The summed E-state index contributed by atoms with van der Waals surface area (Å²) in [6.45, 7) is -0.220. The van der Waals surface area contributed by atoms with Gasteiger partial charge in [-0.3, -0.25) is 9.59 Å². The van der Waals surface area contributed by atoms with Crippen molar-refractivity contribution in [1.29, 1.82) is 0 Å². The van der Waals surface area contributed by atoms with Crippen LogP contribution in [0.5, 0.6) is 0 Å². The van der Waals surface area contributed by atoms with Gasteiger partial charge < -0.3 is 15.0 Å². The van der Waals surface area contributed by atoms with Gasteiger partial charge >= 0.3 is 5.97 Å². The number of carbonyl (C=O) groups is 3. The largest absolute Gasteiger partial charge is 0.465 e. The third-order valence-corrected chi connectivity index (χ3v) is 6.49. The van der Waals surface area contributed by atoms with Crippen LogP contribution in [0.25, 0.3) is 0 Å². The van der Waals surface area contributed by atoms with Crippen LogP contribution >= 0.6 is 27.3 Å². The van der Waals surface area contributed by atoms with E-state index in [4.69, 9.17) is 9.73 Å². The van der Waals surface area contributed by atoms with E-state index in [0.717, 1.165) is 8.66 Å². The molecule has 3 aromatic rings. The second kappa shape index (κ2) is 9.46. The van der Waals surface area contributed by atoms with E-state index in [1.807, 2.05) is 24.3 Å². The highest BCUT2D eigenvalue weighted by Gasteiger charge is 2.27. The number of fused-ring (bicyclic) bond motifs is 1. The van der Waals surface area contributed by atoms with Crippen LogP contribution in [-0.4, -0.2) is 37.1 Å². The normalized spacial score (nSPS) is 13.1. The average molecular weight is 512 g/mol. The lowest BCUT2D eigenvalue weighted by atomic mass is 10.1. The molecular formula is C23H18BrN3O4S. The van der Waals surface area contributed by atoms with E-state index in [1.165, 1.54) is 23.3 Å². The first-order chi connectivity index (χ1) is 15.5. The fourth-order valence-corrected chi connectivity index (χ4v) is 4.72. The summed E-state index contributed by atoms with van der Waals surface area (Å²) in [5.74, 6) is -1.24. The number of aliphatic imine (C=N–C) groups is 1. The van der Waals surface area contributed by atoms with Crippen molar-refractivity contribution in [2.24, 2.45) is 4.99 Å². The Hall–Kier alpha value is -3.30. The molecule has 0 unspecified atom stereocenters. The molecule has 0 aliphatic carbocycles. The number of ether oxygens (including phenoxy) is 1. The molecule has 162 valence electrons. The van der Waals surface area contributed by atoms with E-state index in [2.05, 4.69) is 21.2 Å². The molecule has 0 atom stereocenters. The van der Waals surface area contributed by atoms with Gasteiger partial charge in [-0.25, -0.2) is 9.79 Å². The molecule has 1 aromatic heterocycles. The first kappa shape index (κ1) is 21.9. The number of hydrogen-bond donors (Lipinski definition) is 1. The van der Waals surface area contributed by atoms with Crippen LogP contribution in [0.3, 0.4) is 0 Å².